The molecule has 0 aliphatic carbocycles. The molecule has 2 fully saturated rings. The number of pyridine rings is 1. The molecule has 20 heavy (non-hydrogen) atoms. The third-order valence-electron chi connectivity index (χ3n) is 4.32. The summed E-state index contributed by atoms with van der Waals surface area (Å²) in [4.78, 5) is 18.4. The largest absolute Gasteiger partial charge is 0.393 e. The number of carbonyl (C=O) groups is 1. The lowest BCUT2D eigenvalue weighted by Crippen LogP contribution is -2.51. The molecular weight excluding hydrogens is 254 g/mol. The van der Waals surface area contributed by atoms with Gasteiger partial charge in [0.2, 0.25) is 0 Å². The van der Waals surface area contributed by atoms with Crippen molar-refractivity contribution in [2.75, 3.05) is 0 Å². The Labute approximate surface area is 119 Å². The van der Waals surface area contributed by atoms with Gasteiger partial charge in [-0.15, -0.1) is 0 Å². The lowest BCUT2D eigenvalue weighted by Gasteiger charge is -2.37. The first-order valence-corrected chi connectivity index (χ1v) is 7.28. The first-order valence-electron chi connectivity index (χ1n) is 7.28. The Bertz CT molecular complexity index is 492. The molecule has 2 N–H and O–H groups in total. The molecule has 0 radical (unpaired) electrons. The van der Waals surface area contributed by atoms with Crippen LogP contribution >= 0.6 is 0 Å². The van der Waals surface area contributed by atoms with Gasteiger partial charge < -0.3 is 15.3 Å². The number of aliphatic hydroxyl groups excluding tert-OH is 1. The van der Waals surface area contributed by atoms with Crippen LogP contribution in [0.15, 0.2) is 18.5 Å². The van der Waals surface area contributed by atoms with E-state index < -0.39 is 0 Å². The van der Waals surface area contributed by atoms with Gasteiger partial charge in [0.15, 0.2) is 0 Å². The van der Waals surface area contributed by atoms with Gasteiger partial charge in [-0.1, -0.05) is 6.07 Å². The zero-order chi connectivity index (χ0) is 14.1. The van der Waals surface area contributed by atoms with Crippen molar-refractivity contribution in [2.45, 2.75) is 57.3 Å². The third-order valence-corrected chi connectivity index (χ3v) is 4.32. The number of piperidine rings is 1. The fraction of sp³-hybridized carbons (Fsp3) is 0.600. The van der Waals surface area contributed by atoms with Crippen molar-refractivity contribution in [3.8, 4) is 0 Å². The SMILES string of the molecule is Cc1cncc(CNC(=O)N2[C@H]3CC[C@H]2CC(O)C3)c1. The van der Waals surface area contributed by atoms with Gasteiger partial charge >= 0.3 is 6.03 Å². The van der Waals surface area contributed by atoms with Gasteiger partial charge in [0.1, 0.15) is 0 Å². The number of nitrogens with zero attached hydrogens (tertiary/aromatic N) is 2. The topological polar surface area (TPSA) is 65.5 Å². The fourth-order valence-electron chi connectivity index (χ4n) is 3.46. The van der Waals surface area contributed by atoms with Crippen LogP contribution in [0.25, 0.3) is 0 Å². The van der Waals surface area contributed by atoms with Gasteiger partial charge in [-0.25, -0.2) is 4.79 Å². The molecule has 2 aliphatic rings. The van der Waals surface area contributed by atoms with E-state index >= 15 is 0 Å². The second kappa shape index (κ2) is 5.40. The minimum absolute atomic E-state index is 0.00842. The minimum atomic E-state index is -0.238. The minimum Gasteiger partial charge on any atom is -0.393 e. The van der Waals surface area contributed by atoms with Crippen LogP contribution in [-0.2, 0) is 6.54 Å². The number of carbonyl (C=O) groups excluding carboxylic acids is 1. The first-order chi connectivity index (χ1) is 9.63. The number of aryl methyl sites for hydroxylation is 1. The number of nitrogens with one attached hydrogen (secondary N) is 1. The molecule has 2 aliphatic heterocycles. The summed E-state index contributed by atoms with van der Waals surface area (Å²) >= 11 is 0. The maximum atomic E-state index is 12.3. The van der Waals surface area contributed by atoms with Crippen molar-refractivity contribution < 1.29 is 9.90 Å². The van der Waals surface area contributed by atoms with Crippen molar-refractivity contribution in [1.82, 2.24) is 15.2 Å². The highest BCUT2D eigenvalue weighted by atomic mass is 16.3. The van der Waals surface area contributed by atoms with Gasteiger partial charge in [-0.05, 0) is 43.7 Å². The van der Waals surface area contributed by atoms with Gasteiger partial charge in [0.25, 0.3) is 0 Å². The molecule has 0 saturated carbocycles. The van der Waals surface area contributed by atoms with Gasteiger partial charge in [-0.3, -0.25) is 4.98 Å². The van der Waals surface area contributed by atoms with Crippen LogP contribution in [-0.4, -0.2) is 39.2 Å². The van der Waals surface area contributed by atoms with Crippen molar-refractivity contribution in [1.29, 1.82) is 0 Å². The Kier molecular flexibility index (Phi) is 3.61. The summed E-state index contributed by atoms with van der Waals surface area (Å²) in [5.74, 6) is 0. The summed E-state index contributed by atoms with van der Waals surface area (Å²) in [6.07, 6.45) is 6.81. The predicted molar refractivity (Wildman–Crippen MR) is 75.1 cm³/mol. The Morgan fingerprint density at radius 3 is 2.75 bits per heavy atom. The number of aromatic nitrogens is 1. The van der Waals surface area contributed by atoms with Crippen LogP contribution < -0.4 is 5.32 Å². The Hall–Kier alpha value is -1.62. The van der Waals surface area contributed by atoms with E-state index in [2.05, 4.69) is 10.3 Å². The molecule has 1 aromatic rings. The Morgan fingerprint density at radius 1 is 1.40 bits per heavy atom. The van der Waals surface area contributed by atoms with Crippen LogP contribution in [0.5, 0.6) is 0 Å². The van der Waals surface area contributed by atoms with E-state index in [0.29, 0.717) is 6.54 Å². The molecule has 0 spiro atoms. The highest BCUT2D eigenvalue weighted by Gasteiger charge is 2.42. The zero-order valence-corrected chi connectivity index (χ0v) is 11.7. The van der Waals surface area contributed by atoms with Crippen molar-refractivity contribution in [3.05, 3.63) is 29.6 Å². The first kappa shape index (κ1) is 13.4. The number of hydrogen-bond acceptors (Lipinski definition) is 3. The average molecular weight is 275 g/mol. The van der Waals surface area contributed by atoms with Gasteiger partial charge in [-0.2, -0.15) is 0 Å². The molecule has 5 nitrogen and oxygen atoms in total. The van der Waals surface area contributed by atoms with E-state index in [1.807, 2.05) is 17.9 Å². The number of rotatable bonds is 2. The van der Waals surface area contributed by atoms with E-state index in [0.717, 1.165) is 36.8 Å². The molecule has 2 bridgehead atoms. The molecule has 5 heteroatoms. The van der Waals surface area contributed by atoms with Crippen molar-refractivity contribution in [2.24, 2.45) is 0 Å². The fourth-order valence-corrected chi connectivity index (χ4v) is 3.46. The van der Waals surface area contributed by atoms with Gasteiger partial charge in [0.05, 0.1) is 6.10 Å². The lowest BCUT2D eigenvalue weighted by atomic mass is 10.0. The van der Waals surface area contributed by atoms with Crippen LogP contribution in [0.1, 0.15) is 36.8 Å². The molecule has 3 rings (SSSR count). The normalized spacial score (nSPS) is 28.5. The summed E-state index contributed by atoms with van der Waals surface area (Å²) in [6, 6.07) is 2.44. The summed E-state index contributed by atoms with van der Waals surface area (Å²) in [6.45, 7) is 2.50. The molecule has 0 unspecified atom stereocenters. The third kappa shape index (κ3) is 2.63. The maximum Gasteiger partial charge on any atom is 0.318 e. The van der Waals surface area contributed by atoms with Crippen molar-refractivity contribution in [3.63, 3.8) is 0 Å². The van der Waals surface area contributed by atoms with Crippen LogP contribution in [0.4, 0.5) is 4.79 Å². The van der Waals surface area contributed by atoms with E-state index in [9.17, 15) is 9.90 Å². The monoisotopic (exact) mass is 275 g/mol. The molecular formula is C15H21N3O2. The zero-order valence-electron chi connectivity index (χ0n) is 11.7. The smallest absolute Gasteiger partial charge is 0.318 e. The standard InChI is InChI=1S/C15H21N3O2/c1-10-4-11(8-16-7-10)9-17-15(20)18-12-2-3-13(18)6-14(19)5-12/h4,7-8,12-14,19H,2-3,5-6,9H2,1H3,(H,17,20)/t12-,13-/m0/s1. The molecule has 0 aromatic carbocycles. The second-order valence-electron chi connectivity index (χ2n) is 5.95. The molecule has 2 amide bonds. The Balaban J connectivity index is 1.60. The summed E-state index contributed by atoms with van der Waals surface area (Å²) in [7, 11) is 0. The summed E-state index contributed by atoms with van der Waals surface area (Å²) in [5, 5.41) is 12.7. The number of amides is 2. The van der Waals surface area contributed by atoms with E-state index in [1.54, 1.807) is 12.4 Å². The van der Waals surface area contributed by atoms with Gasteiger partial charge in [0, 0.05) is 31.0 Å². The second-order valence-corrected chi connectivity index (χ2v) is 5.95. The molecule has 3 heterocycles. The summed E-state index contributed by atoms with van der Waals surface area (Å²) < 4.78 is 0. The van der Waals surface area contributed by atoms with Crippen LogP contribution in [0.2, 0.25) is 0 Å². The molecule has 108 valence electrons. The predicted octanol–water partition coefficient (Wildman–Crippen LogP) is 1.59. The lowest BCUT2D eigenvalue weighted by molar-refractivity contribution is 0.0541. The average Bonchev–Trinajstić information content (AvgIpc) is 2.68. The number of hydrogen-bond donors (Lipinski definition) is 2. The molecule has 2 saturated heterocycles. The molecule has 2 atom stereocenters. The number of urea groups is 1. The highest BCUT2D eigenvalue weighted by molar-refractivity contribution is 5.75. The maximum absolute atomic E-state index is 12.3. The van der Waals surface area contributed by atoms with E-state index in [4.69, 9.17) is 0 Å². The quantitative estimate of drug-likeness (QED) is 0.861. The molecule has 1 aromatic heterocycles. The summed E-state index contributed by atoms with van der Waals surface area (Å²) in [5.41, 5.74) is 2.11. The Morgan fingerprint density at radius 2 is 2.10 bits per heavy atom. The van der Waals surface area contributed by atoms with Crippen LogP contribution in [0, 0.1) is 6.92 Å². The van der Waals surface area contributed by atoms with Crippen molar-refractivity contribution >= 4 is 6.03 Å². The van der Waals surface area contributed by atoms with E-state index in [1.165, 1.54) is 0 Å². The van der Waals surface area contributed by atoms with E-state index in [-0.39, 0.29) is 24.2 Å². The number of fused-ring (bicyclic) bond motifs is 2. The van der Waals surface area contributed by atoms with Crippen LogP contribution in [0.3, 0.4) is 0 Å². The highest BCUT2D eigenvalue weighted by Crippen LogP contribution is 2.35. The number of aliphatic hydroxyl groups is 1.